The van der Waals surface area contributed by atoms with Crippen molar-refractivity contribution >= 4 is 34.1 Å². The number of amides is 1. The Morgan fingerprint density at radius 2 is 2.07 bits per heavy atom. The van der Waals surface area contributed by atoms with E-state index in [2.05, 4.69) is 4.98 Å². The van der Waals surface area contributed by atoms with Crippen LogP contribution in [0.2, 0.25) is 0 Å². The van der Waals surface area contributed by atoms with Crippen LogP contribution < -0.4 is 0 Å². The molecule has 0 bridgehead atoms. The second-order valence-corrected chi connectivity index (χ2v) is 7.62. The fraction of sp³-hybridized carbons (Fsp3) is 0.286. The van der Waals surface area contributed by atoms with Crippen LogP contribution >= 0.6 is 11.3 Å². The maximum atomic E-state index is 12.7. The number of hydrogen-bond donors (Lipinski definition) is 0. The lowest BCUT2D eigenvalue weighted by molar-refractivity contribution is -0.133. The van der Waals surface area contributed by atoms with Gasteiger partial charge >= 0.3 is 5.97 Å². The molecule has 4 rings (SSSR count). The molecule has 1 fully saturated rings. The van der Waals surface area contributed by atoms with Crippen LogP contribution in [0.4, 0.5) is 0 Å². The Morgan fingerprint density at radius 1 is 1.26 bits per heavy atom. The van der Waals surface area contributed by atoms with Crippen LogP contribution in [0.5, 0.6) is 0 Å². The largest absolute Gasteiger partial charge is 0.452 e. The number of hydrogen-bond acceptors (Lipinski definition) is 5. The second kappa shape index (κ2) is 7.48. The van der Waals surface area contributed by atoms with Gasteiger partial charge in [0.15, 0.2) is 6.61 Å². The molecule has 2 heterocycles. The number of thiophene rings is 1. The normalized spacial score (nSPS) is 13.5. The van der Waals surface area contributed by atoms with E-state index >= 15 is 0 Å². The number of carbonyl (C=O) groups is 2. The monoisotopic (exact) mass is 380 g/mol. The molecule has 0 unspecified atom stereocenters. The highest BCUT2D eigenvalue weighted by atomic mass is 32.1. The maximum Gasteiger partial charge on any atom is 0.339 e. The molecular weight excluding hydrogens is 360 g/mol. The molecule has 0 spiro atoms. The molecule has 1 aliphatic carbocycles. The molecule has 138 valence electrons. The zero-order valence-electron chi connectivity index (χ0n) is 15.1. The van der Waals surface area contributed by atoms with Crippen molar-refractivity contribution in [3.05, 3.63) is 64.0 Å². The first-order chi connectivity index (χ1) is 13.1. The van der Waals surface area contributed by atoms with Gasteiger partial charge < -0.3 is 9.64 Å². The number of para-hydroxylation sites is 1. The summed E-state index contributed by atoms with van der Waals surface area (Å²) < 4.78 is 5.34. The minimum atomic E-state index is -0.479. The number of rotatable bonds is 6. The Morgan fingerprint density at radius 3 is 2.81 bits per heavy atom. The SMILES string of the molecule is CN(Cc1ccsc1)C(=O)COC(=O)c1cc(C2CC2)nc2ccccc12. The number of likely N-dealkylation sites (N-methyl/N-ethyl adjacent to an activating group) is 1. The van der Waals surface area contributed by atoms with Gasteiger partial charge in [0, 0.05) is 30.6 Å². The van der Waals surface area contributed by atoms with Crippen molar-refractivity contribution in [2.24, 2.45) is 0 Å². The van der Waals surface area contributed by atoms with Crippen molar-refractivity contribution in [2.75, 3.05) is 13.7 Å². The number of aromatic nitrogens is 1. The lowest BCUT2D eigenvalue weighted by atomic mass is 10.1. The lowest BCUT2D eigenvalue weighted by Gasteiger charge is -2.16. The van der Waals surface area contributed by atoms with Gasteiger partial charge in [0.25, 0.3) is 5.91 Å². The van der Waals surface area contributed by atoms with Crippen molar-refractivity contribution in [1.82, 2.24) is 9.88 Å². The smallest absolute Gasteiger partial charge is 0.339 e. The molecule has 0 atom stereocenters. The molecule has 1 amide bonds. The summed E-state index contributed by atoms with van der Waals surface area (Å²) >= 11 is 1.59. The lowest BCUT2D eigenvalue weighted by Crippen LogP contribution is -2.30. The second-order valence-electron chi connectivity index (χ2n) is 6.84. The highest BCUT2D eigenvalue weighted by Crippen LogP contribution is 2.40. The average Bonchev–Trinajstić information content (AvgIpc) is 3.42. The van der Waals surface area contributed by atoms with Crippen molar-refractivity contribution in [2.45, 2.75) is 25.3 Å². The average molecular weight is 380 g/mol. The van der Waals surface area contributed by atoms with Crippen LogP contribution in [0.15, 0.2) is 47.2 Å². The van der Waals surface area contributed by atoms with Gasteiger partial charge in [-0.25, -0.2) is 4.79 Å². The highest BCUT2D eigenvalue weighted by molar-refractivity contribution is 7.07. The van der Waals surface area contributed by atoms with E-state index in [1.165, 1.54) is 0 Å². The minimum Gasteiger partial charge on any atom is -0.452 e. The molecule has 0 aliphatic heterocycles. The van der Waals surface area contributed by atoms with E-state index < -0.39 is 5.97 Å². The van der Waals surface area contributed by atoms with Gasteiger partial charge in [0.2, 0.25) is 0 Å². The Hall–Kier alpha value is -2.73. The Balaban J connectivity index is 1.47. The Bertz CT molecular complexity index is 980. The summed E-state index contributed by atoms with van der Waals surface area (Å²) in [5.74, 6) is -0.275. The van der Waals surface area contributed by atoms with Crippen LogP contribution in [-0.2, 0) is 16.1 Å². The first-order valence-electron chi connectivity index (χ1n) is 8.93. The molecule has 27 heavy (non-hydrogen) atoms. The quantitative estimate of drug-likeness (QED) is 0.607. The number of fused-ring (bicyclic) bond motifs is 1. The molecular formula is C21H20N2O3S. The summed E-state index contributed by atoms with van der Waals surface area (Å²) in [6, 6.07) is 11.3. The molecule has 5 nitrogen and oxygen atoms in total. The fourth-order valence-electron chi connectivity index (χ4n) is 3.01. The predicted molar refractivity (Wildman–Crippen MR) is 105 cm³/mol. The van der Waals surface area contributed by atoms with Crippen LogP contribution in [0.25, 0.3) is 10.9 Å². The highest BCUT2D eigenvalue weighted by Gasteiger charge is 2.27. The topological polar surface area (TPSA) is 59.5 Å². The standard InChI is InChI=1S/C21H20N2O3S/c1-23(11-14-8-9-27-13-14)20(24)12-26-21(25)17-10-19(15-6-7-15)22-18-5-3-2-4-16(17)18/h2-5,8-10,13,15H,6-7,11-12H2,1H3. The zero-order chi connectivity index (χ0) is 18.8. The first-order valence-corrected chi connectivity index (χ1v) is 9.88. The van der Waals surface area contributed by atoms with Gasteiger partial charge in [-0.2, -0.15) is 11.3 Å². The van der Waals surface area contributed by atoms with E-state index in [-0.39, 0.29) is 12.5 Å². The van der Waals surface area contributed by atoms with Crippen molar-refractivity contribution < 1.29 is 14.3 Å². The molecule has 1 aromatic carbocycles. The summed E-state index contributed by atoms with van der Waals surface area (Å²) in [6.45, 7) is 0.235. The van der Waals surface area contributed by atoms with Crippen LogP contribution in [-0.4, -0.2) is 35.4 Å². The molecule has 1 saturated carbocycles. The van der Waals surface area contributed by atoms with E-state index in [9.17, 15) is 9.59 Å². The summed E-state index contributed by atoms with van der Waals surface area (Å²) in [5.41, 5.74) is 3.27. The van der Waals surface area contributed by atoms with E-state index in [4.69, 9.17) is 4.74 Å². The molecule has 2 aromatic heterocycles. The fourth-order valence-corrected chi connectivity index (χ4v) is 3.67. The molecule has 0 saturated heterocycles. The third-order valence-electron chi connectivity index (χ3n) is 4.70. The van der Waals surface area contributed by atoms with E-state index in [0.717, 1.165) is 35.0 Å². The molecule has 3 aromatic rings. The van der Waals surface area contributed by atoms with Gasteiger partial charge in [-0.05, 0) is 47.4 Å². The molecule has 0 N–H and O–H groups in total. The van der Waals surface area contributed by atoms with Crippen molar-refractivity contribution in [3.63, 3.8) is 0 Å². The molecule has 6 heteroatoms. The third kappa shape index (κ3) is 4.01. The number of carbonyl (C=O) groups excluding carboxylic acids is 2. The van der Waals surface area contributed by atoms with Gasteiger partial charge in [-0.3, -0.25) is 9.78 Å². The van der Waals surface area contributed by atoms with E-state index in [1.807, 2.05) is 47.2 Å². The van der Waals surface area contributed by atoms with Crippen molar-refractivity contribution in [1.29, 1.82) is 0 Å². The summed E-state index contributed by atoms with van der Waals surface area (Å²) in [7, 11) is 1.71. The number of ether oxygens (including phenoxy) is 1. The van der Waals surface area contributed by atoms with E-state index in [1.54, 1.807) is 23.3 Å². The zero-order valence-corrected chi connectivity index (χ0v) is 15.9. The van der Waals surface area contributed by atoms with Crippen LogP contribution in [0.3, 0.4) is 0 Å². The van der Waals surface area contributed by atoms with Gasteiger partial charge in [-0.15, -0.1) is 0 Å². The summed E-state index contributed by atoms with van der Waals surface area (Å²) in [4.78, 5) is 31.2. The van der Waals surface area contributed by atoms with Crippen LogP contribution in [0, 0.1) is 0 Å². The summed E-state index contributed by atoms with van der Waals surface area (Å²) in [6.07, 6.45) is 2.21. The maximum absolute atomic E-state index is 12.7. The van der Waals surface area contributed by atoms with E-state index in [0.29, 0.717) is 18.0 Å². The molecule has 0 radical (unpaired) electrons. The Labute approximate surface area is 161 Å². The minimum absolute atomic E-state index is 0.227. The number of benzene rings is 1. The number of nitrogens with zero attached hydrogens (tertiary/aromatic N) is 2. The number of pyridine rings is 1. The van der Waals surface area contributed by atoms with Gasteiger partial charge in [0.1, 0.15) is 0 Å². The predicted octanol–water partition coefficient (Wildman–Crippen LogP) is 3.99. The molecule has 1 aliphatic rings. The first kappa shape index (κ1) is 17.7. The van der Waals surface area contributed by atoms with Crippen molar-refractivity contribution in [3.8, 4) is 0 Å². The summed E-state index contributed by atoms with van der Waals surface area (Å²) in [5, 5.41) is 4.73. The van der Waals surface area contributed by atoms with Crippen LogP contribution in [0.1, 0.15) is 40.4 Å². The Kier molecular flexibility index (Phi) is 4.90. The number of esters is 1. The third-order valence-corrected chi connectivity index (χ3v) is 5.44. The van der Waals surface area contributed by atoms with Gasteiger partial charge in [0.05, 0.1) is 11.1 Å². The van der Waals surface area contributed by atoms with Gasteiger partial charge in [-0.1, -0.05) is 18.2 Å².